The van der Waals surface area contributed by atoms with E-state index >= 15 is 0 Å². The second-order valence-corrected chi connectivity index (χ2v) is 6.69. The summed E-state index contributed by atoms with van der Waals surface area (Å²) in [6.45, 7) is 4.24. The van der Waals surface area contributed by atoms with E-state index in [9.17, 15) is 4.79 Å². The highest BCUT2D eigenvalue weighted by Gasteiger charge is 2.21. The van der Waals surface area contributed by atoms with Crippen LogP contribution in [0.3, 0.4) is 0 Å². The molecule has 0 fully saturated rings. The quantitative estimate of drug-likeness (QED) is 0.576. The molecule has 4 rings (SSSR count). The molecule has 0 saturated heterocycles. The molecule has 1 aromatic carbocycles. The lowest BCUT2D eigenvalue weighted by molar-refractivity contribution is 0.0930. The molecular formula is C18H19N7O. The van der Waals surface area contributed by atoms with Crippen LogP contribution in [-0.2, 0) is 0 Å². The summed E-state index contributed by atoms with van der Waals surface area (Å²) in [5, 5.41) is 14.4. The number of benzene rings is 1. The van der Waals surface area contributed by atoms with Crippen LogP contribution in [0, 0.1) is 5.92 Å². The van der Waals surface area contributed by atoms with Crippen molar-refractivity contribution in [3.05, 3.63) is 54.0 Å². The average molecular weight is 349 g/mol. The topological polar surface area (TPSA) is 101 Å². The number of imidazole rings is 1. The first-order chi connectivity index (χ1) is 12.6. The number of rotatable bonds is 5. The molecule has 2 N–H and O–H groups in total. The van der Waals surface area contributed by atoms with Crippen molar-refractivity contribution >= 4 is 22.6 Å². The second kappa shape index (κ2) is 6.55. The lowest BCUT2D eigenvalue weighted by Crippen LogP contribution is -2.30. The highest BCUT2D eigenvalue weighted by molar-refractivity contribution is 5.95. The van der Waals surface area contributed by atoms with Crippen molar-refractivity contribution in [1.82, 2.24) is 35.3 Å². The van der Waals surface area contributed by atoms with E-state index in [0.717, 1.165) is 23.3 Å². The summed E-state index contributed by atoms with van der Waals surface area (Å²) < 4.78 is 1.52. The number of para-hydroxylation sites is 2. The molecule has 0 bridgehead atoms. The molecule has 0 aliphatic heterocycles. The standard InChI is InChI=1S/C18H19N7O/c1-11(2)9-15(17-19-13-5-3-4-6-14(13)20-17)21-18(26)12-7-8-25-16(10-12)22-23-24-25/h3-8,10-11,15H,9H2,1-2H3,(H,19,20)(H,21,26)/t15-/m1/s1. The van der Waals surface area contributed by atoms with Crippen molar-refractivity contribution in [2.75, 3.05) is 0 Å². The van der Waals surface area contributed by atoms with Gasteiger partial charge in [0.2, 0.25) is 0 Å². The van der Waals surface area contributed by atoms with Gasteiger partial charge >= 0.3 is 0 Å². The van der Waals surface area contributed by atoms with Gasteiger partial charge in [-0.25, -0.2) is 9.50 Å². The van der Waals surface area contributed by atoms with E-state index in [0.29, 0.717) is 17.1 Å². The highest BCUT2D eigenvalue weighted by Crippen LogP contribution is 2.22. The lowest BCUT2D eigenvalue weighted by Gasteiger charge is -2.18. The summed E-state index contributed by atoms with van der Waals surface area (Å²) in [5.74, 6) is 0.983. The smallest absolute Gasteiger partial charge is 0.252 e. The molecule has 8 heteroatoms. The first kappa shape index (κ1) is 16.2. The number of hydrogen-bond donors (Lipinski definition) is 2. The molecule has 3 heterocycles. The summed E-state index contributed by atoms with van der Waals surface area (Å²) in [4.78, 5) is 20.7. The normalized spacial score (nSPS) is 12.7. The molecule has 0 spiro atoms. The first-order valence-electron chi connectivity index (χ1n) is 8.53. The monoisotopic (exact) mass is 349 g/mol. The lowest BCUT2D eigenvalue weighted by atomic mass is 10.0. The van der Waals surface area contributed by atoms with E-state index in [4.69, 9.17) is 0 Å². The Labute approximate surface area is 149 Å². The SMILES string of the molecule is CC(C)C[C@@H](NC(=O)c1ccn2nnnc2c1)c1nc2ccccc2[nH]1. The third-order valence-electron chi connectivity index (χ3n) is 4.21. The summed E-state index contributed by atoms with van der Waals surface area (Å²) in [6.07, 6.45) is 2.45. The van der Waals surface area contributed by atoms with Crippen molar-refractivity contribution in [1.29, 1.82) is 0 Å². The molecule has 8 nitrogen and oxygen atoms in total. The maximum Gasteiger partial charge on any atom is 0.252 e. The van der Waals surface area contributed by atoms with Gasteiger partial charge in [0.25, 0.3) is 5.91 Å². The molecule has 132 valence electrons. The number of fused-ring (bicyclic) bond motifs is 2. The van der Waals surface area contributed by atoms with Gasteiger partial charge in [0, 0.05) is 11.8 Å². The van der Waals surface area contributed by atoms with Gasteiger partial charge in [0.05, 0.1) is 17.1 Å². The molecule has 0 radical (unpaired) electrons. The van der Waals surface area contributed by atoms with E-state index in [1.807, 2.05) is 24.3 Å². The maximum absolute atomic E-state index is 12.8. The molecule has 3 aromatic heterocycles. The summed E-state index contributed by atoms with van der Waals surface area (Å²) in [5.41, 5.74) is 2.89. The van der Waals surface area contributed by atoms with Gasteiger partial charge in [-0.2, -0.15) is 0 Å². The number of nitrogens with zero attached hydrogens (tertiary/aromatic N) is 5. The first-order valence-corrected chi connectivity index (χ1v) is 8.53. The predicted molar refractivity (Wildman–Crippen MR) is 96.5 cm³/mol. The second-order valence-electron chi connectivity index (χ2n) is 6.69. The molecule has 0 saturated carbocycles. The van der Waals surface area contributed by atoms with E-state index in [-0.39, 0.29) is 11.9 Å². The van der Waals surface area contributed by atoms with E-state index < -0.39 is 0 Å². The largest absolute Gasteiger partial charge is 0.342 e. The van der Waals surface area contributed by atoms with Crippen LogP contribution in [-0.4, -0.2) is 35.9 Å². The molecule has 0 unspecified atom stereocenters. The third-order valence-corrected chi connectivity index (χ3v) is 4.21. The zero-order chi connectivity index (χ0) is 18.1. The van der Waals surface area contributed by atoms with Crippen LogP contribution in [0.15, 0.2) is 42.6 Å². The highest BCUT2D eigenvalue weighted by atomic mass is 16.1. The van der Waals surface area contributed by atoms with Crippen LogP contribution < -0.4 is 5.32 Å². The van der Waals surface area contributed by atoms with Crippen LogP contribution in [0.5, 0.6) is 0 Å². The number of hydrogen-bond acceptors (Lipinski definition) is 5. The van der Waals surface area contributed by atoms with Crippen LogP contribution >= 0.6 is 0 Å². The minimum absolute atomic E-state index is 0.179. The van der Waals surface area contributed by atoms with Gasteiger partial charge in [0.15, 0.2) is 5.65 Å². The fourth-order valence-electron chi connectivity index (χ4n) is 2.97. The predicted octanol–water partition coefficient (Wildman–Crippen LogP) is 2.52. The number of nitrogens with one attached hydrogen (secondary N) is 2. The Bertz CT molecular complexity index is 1030. The zero-order valence-electron chi connectivity index (χ0n) is 14.5. The van der Waals surface area contributed by atoms with Crippen LogP contribution in [0.1, 0.15) is 42.5 Å². The number of H-pyrrole nitrogens is 1. The van der Waals surface area contributed by atoms with Crippen molar-refractivity contribution in [2.45, 2.75) is 26.3 Å². The number of carbonyl (C=O) groups excluding carboxylic acids is 1. The zero-order valence-corrected chi connectivity index (χ0v) is 14.5. The third kappa shape index (κ3) is 3.13. The van der Waals surface area contributed by atoms with Crippen molar-refractivity contribution in [3.63, 3.8) is 0 Å². The fraction of sp³-hybridized carbons (Fsp3) is 0.278. The Morgan fingerprint density at radius 2 is 2.12 bits per heavy atom. The Balaban J connectivity index is 1.62. The van der Waals surface area contributed by atoms with Crippen LogP contribution in [0.25, 0.3) is 16.7 Å². The molecule has 0 aliphatic rings. The van der Waals surface area contributed by atoms with Gasteiger partial charge in [0.1, 0.15) is 5.82 Å². The summed E-state index contributed by atoms with van der Waals surface area (Å²) >= 11 is 0. The van der Waals surface area contributed by atoms with Gasteiger partial charge in [-0.1, -0.05) is 26.0 Å². The average Bonchev–Trinajstić information content (AvgIpc) is 3.26. The molecule has 0 aliphatic carbocycles. The maximum atomic E-state index is 12.8. The Morgan fingerprint density at radius 1 is 1.27 bits per heavy atom. The van der Waals surface area contributed by atoms with Gasteiger partial charge < -0.3 is 10.3 Å². The van der Waals surface area contributed by atoms with E-state index in [1.54, 1.807) is 18.3 Å². The Hall–Kier alpha value is -3.29. The van der Waals surface area contributed by atoms with Crippen LogP contribution in [0.4, 0.5) is 0 Å². The van der Waals surface area contributed by atoms with E-state index in [2.05, 4.69) is 44.7 Å². The van der Waals surface area contributed by atoms with E-state index in [1.165, 1.54) is 4.52 Å². The number of aromatic amines is 1. The Morgan fingerprint density at radius 3 is 2.92 bits per heavy atom. The van der Waals surface area contributed by atoms with Gasteiger partial charge in [-0.05, 0) is 47.0 Å². The molecular weight excluding hydrogens is 330 g/mol. The summed E-state index contributed by atoms with van der Waals surface area (Å²) in [7, 11) is 0. The number of pyridine rings is 1. The minimum Gasteiger partial charge on any atom is -0.342 e. The molecule has 26 heavy (non-hydrogen) atoms. The summed E-state index contributed by atoms with van der Waals surface area (Å²) in [6, 6.07) is 11.0. The Kier molecular flexibility index (Phi) is 4.08. The molecule has 1 amide bonds. The minimum atomic E-state index is -0.206. The molecule has 1 atom stereocenters. The number of amides is 1. The number of aromatic nitrogens is 6. The van der Waals surface area contributed by atoms with Gasteiger partial charge in [-0.3, -0.25) is 4.79 Å². The van der Waals surface area contributed by atoms with Crippen molar-refractivity contribution in [3.8, 4) is 0 Å². The van der Waals surface area contributed by atoms with Crippen molar-refractivity contribution < 1.29 is 4.79 Å². The van der Waals surface area contributed by atoms with Crippen LogP contribution in [0.2, 0.25) is 0 Å². The fourth-order valence-corrected chi connectivity index (χ4v) is 2.97. The number of carbonyl (C=O) groups is 1. The van der Waals surface area contributed by atoms with Gasteiger partial charge in [-0.15, -0.1) is 5.10 Å². The number of tetrazole rings is 1. The molecule has 4 aromatic rings. The van der Waals surface area contributed by atoms with Crippen molar-refractivity contribution in [2.24, 2.45) is 5.92 Å².